The van der Waals surface area contributed by atoms with Crippen LogP contribution in [0.3, 0.4) is 0 Å². The number of rotatable bonds is 5. The van der Waals surface area contributed by atoms with E-state index in [1.54, 1.807) is 30.3 Å². The maximum atomic E-state index is 13.1. The van der Waals surface area contributed by atoms with Crippen molar-refractivity contribution < 1.29 is 14.0 Å². The number of aromatic nitrogens is 2. The van der Waals surface area contributed by atoms with Crippen LogP contribution < -0.4 is 16.2 Å². The molecule has 3 aromatic rings. The lowest BCUT2D eigenvalue weighted by Gasteiger charge is -2.24. The van der Waals surface area contributed by atoms with Gasteiger partial charge in [0.15, 0.2) is 5.16 Å². The van der Waals surface area contributed by atoms with Crippen LogP contribution in [0.25, 0.3) is 0 Å². The van der Waals surface area contributed by atoms with Crippen molar-refractivity contribution in [3.63, 3.8) is 0 Å². The summed E-state index contributed by atoms with van der Waals surface area (Å²) in [6.07, 6.45) is -0.175. The summed E-state index contributed by atoms with van der Waals surface area (Å²) in [6.45, 7) is 1.81. The first-order chi connectivity index (χ1) is 15.3. The Morgan fingerprint density at radius 3 is 2.75 bits per heavy atom. The Kier molecular flexibility index (Phi) is 6.29. The molecule has 2 heterocycles. The quantitative estimate of drug-likeness (QED) is 0.381. The Morgan fingerprint density at radius 2 is 2.00 bits per heavy atom. The number of fused-ring (bicyclic) bond motifs is 1. The third-order valence-corrected chi connectivity index (χ3v) is 6.17. The average Bonchev–Trinajstić information content (AvgIpc) is 2.75. The summed E-state index contributed by atoms with van der Waals surface area (Å²) >= 11 is 7.24. The first-order valence-corrected chi connectivity index (χ1v) is 11.0. The van der Waals surface area contributed by atoms with Gasteiger partial charge in [0, 0.05) is 22.9 Å². The fourth-order valence-electron chi connectivity index (χ4n) is 3.32. The highest BCUT2D eigenvalue weighted by molar-refractivity contribution is 7.98. The van der Waals surface area contributed by atoms with E-state index in [9.17, 15) is 18.8 Å². The van der Waals surface area contributed by atoms with Crippen molar-refractivity contribution >= 4 is 46.7 Å². The van der Waals surface area contributed by atoms with Crippen LogP contribution in [-0.2, 0) is 15.3 Å². The molecule has 0 unspecified atom stereocenters. The first-order valence-electron chi connectivity index (χ1n) is 9.68. The molecule has 0 bridgehead atoms. The fourth-order valence-corrected chi connectivity index (χ4v) is 4.31. The number of nitrogens with one attached hydrogen (secondary N) is 3. The van der Waals surface area contributed by atoms with Crippen LogP contribution in [0.5, 0.6) is 0 Å². The summed E-state index contributed by atoms with van der Waals surface area (Å²) in [6, 6.07) is 11.1. The summed E-state index contributed by atoms with van der Waals surface area (Å²) in [5.41, 5.74) is 1.75. The van der Waals surface area contributed by atoms with Crippen molar-refractivity contribution in [1.82, 2.24) is 9.97 Å². The number of nitrogens with zero attached hydrogens (tertiary/aromatic N) is 1. The number of amides is 2. The molecule has 2 amide bonds. The zero-order valence-corrected chi connectivity index (χ0v) is 18.4. The maximum absolute atomic E-state index is 13.1. The highest BCUT2D eigenvalue weighted by atomic mass is 35.5. The number of aryl methyl sites for hydroxylation is 1. The minimum atomic E-state index is -0.996. The number of carbonyl (C=O) groups is 2. The van der Waals surface area contributed by atoms with Crippen molar-refractivity contribution in [2.45, 2.75) is 30.2 Å². The second kappa shape index (κ2) is 9.13. The molecule has 1 aromatic heterocycles. The van der Waals surface area contributed by atoms with E-state index in [0.717, 1.165) is 11.1 Å². The molecule has 164 valence electrons. The van der Waals surface area contributed by atoms with Crippen molar-refractivity contribution in [3.8, 4) is 0 Å². The Balaban J connectivity index is 1.58. The average molecular weight is 473 g/mol. The van der Waals surface area contributed by atoms with Gasteiger partial charge in [-0.25, -0.2) is 9.37 Å². The zero-order valence-electron chi connectivity index (χ0n) is 16.9. The molecule has 0 fully saturated rings. The lowest BCUT2D eigenvalue weighted by atomic mass is 9.92. The van der Waals surface area contributed by atoms with E-state index in [1.165, 1.54) is 23.9 Å². The molecule has 2 aromatic carbocycles. The van der Waals surface area contributed by atoms with Gasteiger partial charge in [-0.05, 0) is 42.3 Å². The Hall–Kier alpha value is -3.17. The van der Waals surface area contributed by atoms with Crippen LogP contribution >= 0.6 is 23.4 Å². The van der Waals surface area contributed by atoms with Crippen molar-refractivity contribution in [2.75, 3.05) is 10.6 Å². The van der Waals surface area contributed by atoms with E-state index in [2.05, 4.69) is 20.6 Å². The van der Waals surface area contributed by atoms with Crippen molar-refractivity contribution in [1.29, 1.82) is 0 Å². The minimum Gasteiger partial charge on any atom is -0.325 e. The van der Waals surface area contributed by atoms with Gasteiger partial charge < -0.3 is 15.6 Å². The smallest absolute Gasteiger partial charge is 0.257 e. The summed E-state index contributed by atoms with van der Waals surface area (Å²) in [4.78, 5) is 45.0. The fraction of sp³-hybridized carbons (Fsp3) is 0.182. The molecule has 32 heavy (non-hydrogen) atoms. The van der Waals surface area contributed by atoms with E-state index >= 15 is 0 Å². The number of thioether (sulfide) groups is 1. The molecule has 0 aliphatic carbocycles. The summed E-state index contributed by atoms with van der Waals surface area (Å²) in [5, 5.41) is 6.07. The molecular formula is C22H18ClFN4O3S. The molecule has 1 aliphatic heterocycles. The van der Waals surface area contributed by atoms with Gasteiger partial charge in [0.1, 0.15) is 11.6 Å². The Labute approximate surface area is 191 Å². The summed E-state index contributed by atoms with van der Waals surface area (Å²) in [5.74, 6) is -1.73. The molecule has 3 N–H and O–H groups in total. The van der Waals surface area contributed by atoms with Gasteiger partial charge in [0.2, 0.25) is 11.8 Å². The second-order valence-corrected chi connectivity index (χ2v) is 8.70. The number of carbonyl (C=O) groups excluding carboxylic acids is 2. The molecule has 1 atom stereocenters. The van der Waals surface area contributed by atoms with Gasteiger partial charge in [-0.3, -0.25) is 14.4 Å². The Bertz CT molecular complexity index is 1260. The summed E-state index contributed by atoms with van der Waals surface area (Å²) in [7, 11) is 0. The maximum Gasteiger partial charge on any atom is 0.257 e. The molecule has 1 aliphatic rings. The molecule has 0 saturated carbocycles. The van der Waals surface area contributed by atoms with E-state index in [4.69, 9.17) is 11.6 Å². The Morgan fingerprint density at radius 1 is 1.25 bits per heavy atom. The third kappa shape index (κ3) is 4.84. The predicted molar refractivity (Wildman–Crippen MR) is 122 cm³/mol. The number of benzene rings is 2. The van der Waals surface area contributed by atoms with E-state index in [0.29, 0.717) is 16.5 Å². The molecule has 0 spiro atoms. The largest absolute Gasteiger partial charge is 0.325 e. The van der Waals surface area contributed by atoms with Gasteiger partial charge in [-0.2, -0.15) is 0 Å². The van der Waals surface area contributed by atoms with Gasteiger partial charge >= 0.3 is 0 Å². The van der Waals surface area contributed by atoms with E-state index < -0.39 is 23.3 Å². The predicted octanol–water partition coefficient (Wildman–Crippen LogP) is 4.23. The van der Waals surface area contributed by atoms with Crippen LogP contribution in [0.1, 0.15) is 29.0 Å². The highest BCUT2D eigenvalue weighted by Gasteiger charge is 2.35. The highest BCUT2D eigenvalue weighted by Crippen LogP contribution is 2.31. The second-order valence-electron chi connectivity index (χ2n) is 7.30. The normalized spacial score (nSPS) is 15.1. The lowest BCUT2D eigenvalue weighted by Crippen LogP contribution is -2.36. The lowest BCUT2D eigenvalue weighted by molar-refractivity contribution is -0.123. The van der Waals surface area contributed by atoms with Crippen molar-refractivity contribution in [2.24, 2.45) is 0 Å². The van der Waals surface area contributed by atoms with Gasteiger partial charge in [0.25, 0.3) is 5.56 Å². The van der Waals surface area contributed by atoms with Crippen LogP contribution in [0, 0.1) is 12.7 Å². The molecule has 0 saturated heterocycles. The SMILES string of the molecule is Cc1ccc(Cl)cc1NC(=O)[C@H]1CC(=O)Nc2nc(SCc3ccc(F)cc3)[nH]c(=O)c21. The minimum absolute atomic E-state index is 0.0644. The van der Waals surface area contributed by atoms with Crippen molar-refractivity contribution in [3.05, 3.63) is 80.3 Å². The van der Waals surface area contributed by atoms with Gasteiger partial charge in [-0.1, -0.05) is 41.6 Å². The van der Waals surface area contributed by atoms with Crippen LogP contribution in [0.15, 0.2) is 52.4 Å². The number of H-pyrrole nitrogens is 1. The first kappa shape index (κ1) is 22.0. The standard InChI is InChI=1S/C22H18ClFN4O3S/c1-11-2-5-13(23)8-16(11)25-20(30)15-9-17(29)26-19-18(15)21(31)28-22(27-19)32-10-12-3-6-14(24)7-4-12/h2-8,15H,9-10H2,1H3,(H,25,30)(H2,26,27,28,29,31)/t15-/m0/s1. The number of halogens is 2. The van der Waals surface area contributed by atoms with Gasteiger partial charge in [-0.15, -0.1) is 0 Å². The number of hydrogen-bond acceptors (Lipinski definition) is 5. The monoisotopic (exact) mass is 472 g/mol. The number of hydrogen-bond donors (Lipinski definition) is 3. The topological polar surface area (TPSA) is 104 Å². The van der Waals surface area contributed by atoms with Crippen LogP contribution in [0.2, 0.25) is 5.02 Å². The van der Waals surface area contributed by atoms with E-state index in [-0.39, 0.29) is 28.8 Å². The third-order valence-electron chi connectivity index (χ3n) is 4.99. The number of aromatic amines is 1. The summed E-state index contributed by atoms with van der Waals surface area (Å²) < 4.78 is 13.1. The van der Waals surface area contributed by atoms with E-state index in [1.807, 2.05) is 6.92 Å². The van der Waals surface area contributed by atoms with Crippen LogP contribution in [-0.4, -0.2) is 21.8 Å². The molecule has 0 radical (unpaired) electrons. The molecular weight excluding hydrogens is 455 g/mol. The molecule has 10 heteroatoms. The number of anilines is 2. The zero-order chi connectivity index (χ0) is 22.8. The molecule has 4 rings (SSSR count). The van der Waals surface area contributed by atoms with Crippen LogP contribution in [0.4, 0.5) is 15.9 Å². The van der Waals surface area contributed by atoms with Gasteiger partial charge in [0.05, 0.1) is 11.5 Å². The molecule has 7 nitrogen and oxygen atoms in total.